The summed E-state index contributed by atoms with van der Waals surface area (Å²) in [5, 5.41) is 13.2. The summed E-state index contributed by atoms with van der Waals surface area (Å²) in [5.41, 5.74) is 0.671. The molecule has 7 heteroatoms. The summed E-state index contributed by atoms with van der Waals surface area (Å²) < 4.78 is 0. The number of benzene rings is 1. The Balaban J connectivity index is 2.95. The van der Waals surface area contributed by atoms with E-state index >= 15 is 0 Å². The first-order chi connectivity index (χ1) is 13.5. The number of hydrogen-bond donors (Lipinski definition) is 2. The van der Waals surface area contributed by atoms with Crippen LogP contribution < -0.4 is 5.32 Å². The fourth-order valence-electron chi connectivity index (χ4n) is 3.20. The second-order valence-corrected chi connectivity index (χ2v) is 8.75. The Labute approximate surface area is 174 Å². The van der Waals surface area contributed by atoms with E-state index in [0.29, 0.717) is 24.3 Å². The molecule has 3 atom stereocenters. The van der Waals surface area contributed by atoms with Crippen molar-refractivity contribution in [3.05, 3.63) is 35.9 Å². The number of carbonyl (C=O) groups is 3. The van der Waals surface area contributed by atoms with E-state index in [-0.39, 0.29) is 11.8 Å². The number of aryl methyl sites for hydroxylation is 1. The molecule has 0 unspecified atom stereocenters. The third-order valence-electron chi connectivity index (χ3n) is 5.11. The normalized spacial score (nSPS) is 14.4. The third kappa shape index (κ3) is 7.49. The minimum absolute atomic E-state index is 0.196. The molecule has 0 aliphatic carbocycles. The number of nitrogens with zero attached hydrogens (tertiary/aromatic N) is 2. The predicted octanol–water partition coefficient (Wildman–Crippen LogP) is 2.48. The van der Waals surface area contributed by atoms with Crippen molar-refractivity contribution in [2.24, 2.45) is 11.3 Å². The van der Waals surface area contributed by atoms with E-state index in [4.69, 9.17) is 0 Å². The molecule has 1 aromatic carbocycles. The highest BCUT2D eigenvalue weighted by Crippen LogP contribution is 2.23. The molecule has 0 fully saturated rings. The minimum Gasteiger partial charge on any atom is -0.347 e. The zero-order chi connectivity index (χ0) is 22.2. The van der Waals surface area contributed by atoms with Crippen LogP contribution in [0.1, 0.15) is 46.1 Å². The second-order valence-electron chi connectivity index (χ2n) is 8.75. The van der Waals surface area contributed by atoms with Crippen molar-refractivity contribution in [1.29, 1.82) is 0 Å². The van der Waals surface area contributed by atoms with Crippen molar-refractivity contribution in [3.63, 3.8) is 0 Å². The van der Waals surface area contributed by atoms with Crippen molar-refractivity contribution in [2.75, 3.05) is 14.1 Å². The van der Waals surface area contributed by atoms with Gasteiger partial charge in [0, 0.05) is 14.1 Å². The van der Waals surface area contributed by atoms with Crippen LogP contribution in [-0.2, 0) is 20.8 Å². The molecule has 7 nitrogen and oxygen atoms in total. The van der Waals surface area contributed by atoms with Crippen LogP contribution in [-0.4, -0.2) is 59.6 Å². The molecule has 0 aliphatic rings. The standard InChI is InChI=1S/C22H35N3O4/c1-16(25(29)15-26)18(14-10-13-17-11-8-7-9-12-17)20(27)23-19(22(2,3)4)21(28)24(5)6/h7-9,11-12,15-16,18-19,29H,10,13-14H2,1-6H3,(H,23,27)/t16-,18+,19+/m0/s1. The number of amides is 3. The molecule has 162 valence electrons. The lowest BCUT2D eigenvalue weighted by Crippen LogP contribution is -2.56. The first kappa shape index (κ1) is 24.6. The summed E-state index contributed by atoms with van der Waals surface area (Å²) in [4.78, 5) is 38.2. The van der Waals surface area contributed by atoms with E-state index in [0.717, 1.165) is 12.0 Å². The second kappa shape index (κ2) is 11.0. The van der Waals surface area contributed by atoms with Crippen LogP contribution in [0.2, 0.25) is 0 Å². The molecule has 0 saturated heterocycles. The SMILES string of the molecule is C[C@@H]([C@@H](CCCc1ccccc1)C(=O)N[C@H](C(=O)N(C)C)C(C)(C)C)N(O)C=O. The highest BCUT2D eigenvalue weighted by molar-refractivity contribution is 5.89. The Bertz CT molecular complexity index is 670. The van der Waals surface area contributed by atoms with Crippen LogP contribution in [0.4, 0.5) is 0 Å². The minimum atomic E-state index is -0.711. The maximum Gasteiger partial charge on any atom is 0.245 e. The highest BCUT2D eigenvalue weighted by Gasteiger charge is 2.37. The van der Waals surface area contributed by atoms with E-state index in [1.165, 1.54) is 4.90 Å². The van der Waals surface area contributed by atoms with E-state index < -0.39 is 23.4 Å². The molecule has 2 N–H and O–H groups in total. The van der Waals surface area contributed by atoms with Gasteiger partial charge in [0.2, 0.25) is 18.2 Å². The van der Waals surface area contributed by atoms with Gasteiger partial charge in [0.15, 0.2) is 0 Å². The van der Waals surface area contributed by atoms with Gasteiger partial charge in [0.25, 0.3) is 0 Å². The zero-order valence-electron chi connectivity index (χ0n) is 18.4. The summed E-state index contributed by atoms with van der Waals surface area (Å²) in [6, 6.07) is 8.50. The van der Waals surface area contributed by atoms with Crippen LogP contribution in [0.15, 0.2) is 30.3 Å². The predicted molar refractivity (Wildman–Crippen MR) is 112 cm³/mol. The first-order valence-electron chi connectivity index (χ1n) is 9.97. The van der Waals surface area contributed by atoms with E-state index in [1.807, 2.05) is 51.1 Å². The Morgan fingerprint density at radius 3 is 2.24 bits per heavy atom. The smallest absolute Gasteiger partial charge is 0.245 e. The maximum atomic E-state index is 13.1. The lowest BCUT2D eigenvalue weighted by Gasteiger charge is -2.35. The van der Waals surface area contributed by atoms with Crippen molar-refractivity contribution in [1.82, 2.24) is 15.3 Å². The molecule has 1 rings (SSSR count). The molecule has 0 spiro atoms. The van der Waals surface area contributed by atoms with E-state index in [2.05, 4.69) is 5.32 Å². The summed E-state index contributed by atoms with van der Waals surface area (Å²) in [7, 11) is 3.30. The molecule has 29 heavy (non-hydrogen) atoms. The number of hydrogen-bond acceptors (Lipinski definition) is 4. The lowest BCUT2D eigenvalue weighted by atomic mass is 9.84. The number of carbonyl (C=O) groups excluding carboxylic acids is 3. The molecule has 0 heterocycles. The molecule has 0 radical (unpaired) electrons. The topological polar surface area (TPSA) is 90.0 Å². The van der Waals surface area contributed by atoms with Crippen LogP contribution in [0.5, 0.6) is 0 Å². The van der Waals surface area contributed by atoms with Crippen LogP contribution in [0.25, 0.3) is 0 Å². The summed E-state index contributed by atoms with van der Waals surface area (Å²) in [6.07, 6.45) is 2.26. The van der Waals surface area contributed by atoms with Crippen molar-refractivity contribution < 1.29 is 19.6 Å². The molecule has 3 amide bonds. The lowest BCUT2D eigenvalue weighted by molar-refractivity contribution is -0.166. The number of likely N-dealkylation sites (N-methyl/N-ethyl adjacent to an activating group) is 1. The van der Waals surface area contributed by atoms with Gasteiger partial charge in [-0.05, 0) is 37.2 Å². The van der Waals surface area contributed by atoms with E-state index in [1.54, 1.807) is 21.0 Å². The van der Waals surface area contributed by atoms with Gasteiger partial charge in [-0.15, -0.1) is 0 Å². The van der Waals surface area contributed by atoms with Gasteiger partial charge < -0.3 is 10.2 Å². The average molecular weight is 406 g/mol. The largest absolute Gasteiger partial charge is 0.347 e. The zero-order valence-corrected chi connectivity index (χ0v) is 18.4. The number of hydroxylamine groups is 2. The van der Waals surface area contributed by atoms with Crippen molar-refractivity contribution in [2.45, 2.75) is 59.0 Å². The molecular weight excluding hydrogens is 370 g/mol. The van der Waals surface area contributed by atoms with Crippen LogP contribution in [0, 0.1) is 11.3 Å². The van der Waals surface area contributed by atoms with Gasteiger partial charge in [0.05, 0.1) is 12.0 Å². The molecule has 0 aliphatic heterocycles. The van der Waals surface area contributed by atoms with Crippen LogP contribution >= 0.6 is 0 Å². The molecule has 1 aromatic rings. The summed E-state index contributed by atoms with van der Waals surface area (Å²) in [6.45, 7) is 7.28. The quantitative estimate of drug-likeness (QED) is 0.355. The number of rotatable bonds is 10. The maximum absolute atomic E-state index is 13.1. The highest BCUT2D eigenvalue weighted by atomic mass is 16.5. The van der Waals surface area contributed by atoms with Gasteiger partial charge in [-0.3, -0.25) is 19.6 Å². The third-order valence-corrected chi connectivity index (χ3v) is 5.11. The molecule has 0 aromatic heterocycles. The monoisotopic (exact) mass is 405 g/mol. The molecular formula is C22H35N3O4. The Morgan fingerprint density at radius 2 is 1.76 bits per heavy atom. The Morgan fingerprint density at radius 1 is 1.17 bits per heavy atom. The number of nitrogens with one attached hydrogen (secondary N) is 1. The van der Waals surface area contributed by atoms with Gasteiger partial charge >= 0.3 is 0 Å². The molecule has 0 bridgehead atoms. The Kier molecular flexibility index (Phi) is 9.30. The summed E-state index contributed by atoms with van der Waals surface area (Å²) in [5.74, 6) is -1.19. The van der Waals surface area contributed by atoms with Gasteiger partial charge in [0.1, 0.15) is 6.04 Å². The van der Waals surface area contributed by atoms with Crippen molar-refractivity contribution in [3.8, 4) is 0 Å². The summed E-state index contributed by atoms with van der Waals surface area (Å²) >= 11 is 0. The van der Waals surface area contributed by atoms with Crippen molar-refractivity contribution >= 4 is 18.2 Å². The fourth-order valence-corrected chi connectivity index (χ4v) is 3.20. The first-order valence-corrected chi connectivity index (χ1v) is 9.97. The molecule has 0 saturated carbocycles. The van der Waals surface area contributed by atoms with Gasteiger partial charge in [-0.1, -0.05) is 51.1 Å². The van der Waals surface area contributed by atoms with Gasteiger partial charge in [-0.25, -0.2) is 5.06 Å². The van der Waals surface area contributed by atoms with Gasteiger partial charge in [-0.2, -0.15) is 0 Å². The van der Waals surface area contributed by atoms with Crippen LogP contribution in [0.3, 0.4) is 0 Å². The average Bonchev–Trinajstić information content (AvgIpc) is 2.67. The Hall–Kier alpha value is -2.41. The fraction of sp³-hybridized carbons (Fsp3) is 0.591. The van der Waals surface area contributed by atoms with E-state index in [9.17, 15) is 19.6 Å².